The molecule has 1 aromatic heterocycles. The highest BCUT2D eigenvalue weighted by molar-refractivity contribution is 7.10. The molecule has 0 aliphatic heterocycles. The van der Waals surface area contributed by atoms with Gasteiger partial charge in [0, 0.05) is 16.8 Å². The smallest absolute Gasteiger partial charge is 0.306 e. The first-order valence-electron chi connectivity index (χ1n) is 4.01. The maximum Gasteiger partial charge on any atom is 0.319 e. The van der Waals surface area contributed by atoms with Gasteiger partial charge in [-0.2, -0.15) is 8.78 Å². The summed E-state index contributed by atoms with van der Waals surface area (Å²) in [4.78, 5) is 0.727. The van der Waals surface area contributed by atoms with Gasteiger partial charge in [0.05, 0.1) is 11.6 Å². The van der Waals surface area contributed by atoms with Crippen LogP contribution in [0.3, 0.4) is 0 Å². The second-order valence-corrected chi connectivity index (χ2v) is 4.33. The Morgan fingerprint density at radius 1 is 1.47 bits per heavy atom. The van der Waals surface area contributed by atoms with Crippen LogP contribution in [0.25, 0.3) is 0 Å². The fourth-order valence-corrected chi connectivity index (χ4v) is 1.92. The van der Waals surface area contributed by atoms with E-state index in [1.165, 1.54) is 11.3 Å². The van der Waals surface area contributed by atoms with Crippen molar-refractivity contribution < 1.29 is 17.6 Å². The maximum atomic E-state index is 12.4. The van der Waals surface area contributed by atoms with Gasteiger partial charge in [-0.1, -0.05) is 11.6 Å². The van der Waals surface area contributed by atoms with E-state index in [0.717, 1.165) is 4.88 Å². The van der Waals surface area contributed by atoms with E-state index < -0.39 is 18.9 Å². The number of hydrogen-bond acceptors (Lipinski definition) is 2. The summed E-state index contributed by atoms with van der Waals surface area (Å²) in [6, 6.07) is 1.60. The zero-order valence-electron chi connectivity index (χ0n) is 7.44. The summed E-state index contributed by atoms with van der Waals surface area (Å²) in [5.41, 5.74) is 0. The van der Waals surface area contributed by atoms with E-state index in [0.29, 0.717) is 5.02 Å². The topological polar surface area (TPSA) is 12.0 Å². The zero-order valence-corrected chi connectivity index (χ0v) is 9.02. The van der Waals surface area contributed by atoms with Crippen LogP contribution in [0.4, 0.5) is 17.6 Å². The van der Waals surface area contributed by atoms with Gasteiger partial charge in [-0.15, -0.1) is 11.3 Å². The van der Waals surface area contributed by atoms with Crippen LogP contribution in [-0.4, -0.2) is 18.9 Å². The van der Waals surface area contributed by atoms with E-state index in [9.17, 15) is 17.6 Å². The maximum absolute atomic E-state index is 12.4. The normalized spacial score (nSPS) is 12.4. The molecule has 1 rings (SSSR count). The Labute approximate surface area is 93.0 Å². The van der Waals surface area contributed by atoms with Crippen molar-refractivity contribution in [2.24, 2.45) is 0 Å². The van der Waals surface area contributed by atoms with Gasteiger partial charge in [-0.3, -0.25) is 0 Å². The van der Waals surface area contributed by atoms with Crippen molar-refractivity contribution in [3.05, 3.63) is 21.3 Å². The summed E-state index contributed by atoms with van der Waals surface area (Å²) in [5.74, 6) is -3.99. The number of thiophene rings is 1. The first-order valence-corrected chi connectivity index (χ1v) is 5.27. The Kier molecular flexibility index (Phi) is 4.36. The molecule has 0 amide bonds. The Bertz CT molecular complexity index is 315. The highest BCUT2D eigenvalue weighted by Gasteiger charge is 2.39. The Hall–Kier alpha value is -0.330. The van der Waals surface area contributed by atoms with Crippen LogP contribution in [0.1, 0.15) is 4.88 Å². The van der Waals surface area contributed by atoms with Gasteiger partial charge in [0.2, 0.25) is 0 Å². The quantitative estimate of drug-likeness (QED) is 0.801. The summed E-state index contributed by atoms with van der Waals surface area (Å²) in [6.07, 6.45) is -3.64. The van der Waals surface area contributed by atoms with Crippen molar-refractivity contribution in [1.29, 1.82) is 0 Å². The van der Waals surface area contributed by atoms with Crippen LogP contribution in [0.15, 0.2) is 11.4 Å². The van der Waals surface area contributed by atoms with Gasteiger partial charge in [0.1, 0.15) is 0 Å². The summed E-state index contributed by atoms with van der Waals surface area (Å²) >= 11 is 6.88. The lowest BCUT2D eigenvalue weighted by atomic mass is 10.3. The van der Waals surface area contributed by atoms with Gasteiger partial charge >= 0.3 is 12.3 Å². The van der Waals surface area contributed by atoms with Crippen molar-refractivity contribution >= 4 is 22.9 Å². The first-order chi connectivity index (χ1) is 6.92. The molecule has 86 valence electrons. The monoisotopic (exact) mass is 261 g/mol. The van der Waals surface area contributed by atoms with Gasteiger partial charge in [0.25, 0.3) is 0 Å². The van der Waals surface area contributed by atoms with Crippen molar-refractivity contribution in [2.45, 2.75) is 18.9 Å². The van der Waals surface area contributed by atoms with E-state index in [1.54, 1.807) is 11.4 Å². The SMILES string of the molecule is FC(F)C(F)(F)CNCc1cc(Cl)cs1. The predicted molar refractivity (Wildman–Crippen MR) is 52.0 cm³/mol. The standard InChI is InChI=1S/C8H8ClF4NS/c9-5-1-6(15-3-5)2-14-4-8(12,13)7(10)11/h1,3,7,14H,2,4H2. The number of hydrogen-bond donors (Lipinski definition) is 1. The summed E-state index contributed by atoms with van der Waals surface area (Å²) in [7, 11) is 0. The highest BCUT2D eigenvalue weighted by Crippen LogP contribution is 2.22. The fraction of sp³-hybridized carbons (Fsp3) is 0.500. The highest BCUT2D eigenvalue weighted by atomic mass is 35.5. The summed E-state index contributed by atoms with van der Waals surface area (Å²) < 4.78 is 48.3. The molecule has 0 atom stereocenters. The summed E-state index contributed by atoms with van der Waals surface area (Å²) in [6.45, 7) is -0.931. The second kappa shape index (κ2) is 5.14. The van der Waals surface area contributed by atoms with Crippen LogP contribution < -0.4 is 5.32 Å². The van der Waals surface area contributed by atoms with Gasteiger partial charge < -0.3 is 5.32 Å². The molecule has 0 spiro atoms. The van der Waals surface area contributed by atoms with Crippen LogP contribution in [0.5, 0.6) is 0 Å². The largest absolute Gasteiger partial charge is 0.319 e. The van der Waals surface area contributed by atoms with Crippen LogP contribution in [-0.2, 0) is 6.54 Å². The number of rotatable bonds is 5. The lowest BCUT2D eigenvalue weighted by Crippen LogP contribution is -2.38. The molecule has 7 heteroatoms. The van der Waals surface area contributed by atoms with Crippen molar-refractivity contribution in [3.8, 4) is 0 Å². The molecule has 0 unspecified atom stereocenters. The zero-order chi connectivity index (χ0) is 11.5. The molecule has 0 aromatic carbocycles. The molecule has 0 fully saturated rings. The third kappa shape index (κ3) is 3.96. The van der Waals surface area contributed by atoms with Crippen LogP contribution in [0, 0.1) is 0 Å². The van der Waals surface area contributed by atoms with Gasteiger partial charge in [-0.05, 0) is 6.07 Å². The molecule has 0 aliphatic rings. The predicted octanol–water partition coefficient (Wildman–Crippen LogP) is 3.39. The molecule has 0 aliphatic carbocycles. The third-order valence-electron chi connectivity index (χ3n) is 1.60. The van der Waals surface area contributed by atoms with E-state index >= 15 is 0 Å². The van der Waals surface area contributed by atoms with Crippen molar-refractivity contribution in [2.75, 3.05) is 6.54 Å². The Morgan fingerprint density at radius 3 is 2.60 bits per heavy atom. The number of alkyl halides is 4. The minimum absolute atomic E-state index is 0.111. The molecule has 0 saturated heterocycles. The number of nitrogens with one attached hydrogen (secondary N) is 1. The molecular weight excluding hydrogens is 254 g/mol. The minimum Gasteiger partial charge on any atom is -0.306 e. The van der Waals surface area contributed by atoms with E-state index in [4.69, 9.17) is 11.6 Å². The minimum atomic E-state index is -3.99. The van der Waals surface area contributed by atoms with E-state index in [-0.39, 0.29) is 6.54 Å². The van der Waals surface area contributed by atoms with Gasteiger partial charge in [-0.25, -0.2) is 8.78 Å². The Balaban J connectivity index is 2.33. The molecule has 0 saturated carbocycles. The van der Waals surface area contributed by atoms with Crippen molar-refractivity contribution in [1.82, 2.24) is 5.32 Å². The lowest BCUT2D eigenvalue weighted by molar-refractivity contribution is -0.125. The average Bonchev–Trinajstić information content (AvgIpc) is 2.51. The molecule has 15 heavy (non-hydrogen) atoms. The molecule has 1 aromatic rings. The van der Waals surface area contributed by atoms with E-state index in [2.05, 4.69) is 5.32 Å². The fourth-order valence-electron chi connectivity index (χ4n) is 0.876. The second-order valence-electron chi connectivity index (χ2n) is 2.90. The summed E-state index contributed by atoms with van der Waals surface area (Å²) in [5, 5.41) is 4.41. The molecule has 0 bridgehead atoms. The molecule has 1 N–H and O–H groups in total. The lowest BCUT2D eigenvalue weighted by Gasteiger charge is -2.15. The number of halogens is 5. The molecule has 1 heterocycles. The molecular formula is C8H8ClF4NS. The molecule has 0 radical (unpaired) electrons. The average molecular weight is 262 g/mol. The van der Waals surface area contributed by atoms with E-state index in [1.807, 2.05) is 0 Å². The van der Waals surface area contributed by atoms with Crippen LogP contribution >= 0.6 is 22.9 Å². The van der Waals surface area contributed by atoms with Gasteiger partial charge in [0.15, 0.2) is 0 Å². The third-order valence-corrected chi connectivity index (χ3v) is 2.89. The van der Waals surface area contributed by atoms with Crippen LogP contribution in [0.2, 0.25) is 5.02 Å². The first kappa shape index (κ1) is 12.7. The van der Waals surface area contributed by atoms with Crippen molar-refractivity contribution in [3.63, 3.8) is 0 Å². The molecule has 1 nitrogen and oxygen atoms in total. The Morgan fingerprint density at radius 2 is 2.13 bits per heavy atom.